The summed E-state index contributed by atoms with van der Waals surface area (Å²) in [7, 11) is 5.07. The molecule has 0 aromatic carbocycles. The molecule has 0 radical (unpaired) electrons. The van der Waals surface area contributed by atoms with Gasteiger partial charge in [0.25, 0.3) is 0 Å². The number of quaternary nitrogens is 1. The SMILES string of the molecule is C[N+](C)(C)CCO.O=P[O-]. The predicted octanol–water partition coefficient (Wildman–Crippen LogP) is -0.762. The Kier molecular flexibility index (Phi) is 8.96. The molecule has 0 saturated heterocycles. The molecule has 0 fully saturated rings. The van der Waals surface area contributed by atoms with Crippen LogP contribution in [0.4, 0.5) is 0 Å². The molecule has 4 nitrogen and oxygen atoms in total. The minimum atomic E-state index is -1.08. The van der Waals surface area contributed by atoms with E-state index in [1.807, 2.05) is 0 Å². The lowest BCUT2D eigenvalue weighted by molar-refractivity contribution is -0.870. The Labute approximate surface area is 63.0 Å². The molecular weight excluding hydrogens is 153 g/mol. The highest BCUT2D eigenvalue weighted by molar-refractivity contribution is 7.14. The molecule has 0 saturated carbocycles. The van der Waals surface area contributed by atoms with Crippen molar-refractivity contribution in [2.24, 2.45) is 0 Å². The summed E-state index contributed by atoms with van der Waals surface area (Å²) in [5.41, 5.74) is 0. The van der Waals surface area contributed by atoms with E-state index in [2.05, 4.69) is 21.1 Å². The molecule has 0 aromatic rings. The molecule has 0 amide bonds. The van der Waals surface area contributed by atoms with E-state index < -0.39 is 8.69 Å². The highest BCUT2D eigenvalue weighted by Crippen LogP contribution is 1.84. The molecule has 5 heteroatoms. The molecule has 0 spiro atoms. The largest absolute Gasteiger partial charge is 0.772 e. The second-order valence-electron chi connectivity index (χ2n) is 2.81. The van der Waals surface area contributed by atoms with E-state index in [1.165, 1.54) is 0 Å². The third kappa shape index (κ3) is 24.5. The van der Waals surface area contributed by atoms with Gasteiger partial charge in [-0.1, -0.05) is 0 Å². The molecule has 0 heterocycles. The molecule has 62 valence electrons. The highest BCUT2D eigenvalue weighted by atomic mass is 31.1. The van der Waals surface area contributed by atoms with Crippen LogP contribution in [0.3, 0.4) is 0 Å². The molecule has 0 aliphatic heterocycles. The van der Waals surface area contributed by atoms with E-state index >= 15 is 0 Å². The second kappa shape index (κ2) is 7.09. The van der Waals surface area contributed by atoms with E-state index in [0.29, 0.717) is 0 Å². The Bertz CT molecular complexity index is 81.5. The first-order valence-electron chi connectivity index (χ1n) is 2.84. The summed E-state index contributed by atoms with van der Waals surface area (Å²) in [6, 6.07) is 0. The zero-order valence-electron chi connectivity index (χ0n) is 6.57. The first kappa shape index (κ1) is 12.6. The van der Waals surface area contributed by atoms with E-state index in [0.717, 1.165) is 11.0 Å². The molecule has 0 rings (SSSR count). The van der Waals surface area contributed by atoms with Crippen molar-refractivity contribution in [2.75, 3.05) is 34.3 Å². The lowest BCUT2D eigenvalue weighted by Crippen LogP contribution is -2.36. The van der Waals surface area contributed by atoms with Gasteiger partial charge in [-0.3, -0.25) is 4.57 Å². The minimum absolute atomic E-state index is 0.281. The molecule has 1 N–H and O–H groups in total. The van der Waals surface area contributed by atoms with Gasteiger partial charge < -0.3 is 14.5 Å². The van der Waals surface area contributed by atoms with Gasteiger partial charge >= 0.3 is 0 Å². The van der Waals surface area contributed by atoms with Crippen molar-refractivity contribution in [3.05, 3.63) is 0 Å². The van der Waals surface area contributed by atoms with Gasteiger partial charge in [0.2, 0.25) is 0 Å². The zero-order chi connectivity index (χ0) is 8.62. The normalized spacial score (nSPS) is 10.5. The smallest absolute Gasteiger partial charge is 0.101 e. The fourth-order valence-corrected chi connectivity index (χ4v) is 0.300. The summed E-state index contributed by atoms with van der Waals surface area (Å²) in [5, 5.41) is 8.39. The van der Waals surface area contributed by atoms with Gasteiger partial charge in [-0.2, -0.15) is 0 Å². The van der Waals surface area contributed by atoms with Crippen molar-refractivity contribution in [1.29, 1.82) is 0 Å². The molecule has 0 aliphatic rings. The summed E-state index contributed by atoms with van der Waals surface area (Å²) >= 11 is 0. The fraction of sp³-hybridized carbons (Fsp3) is 1.00. The van der Waals surface area contributed by atoms with Gasteiger partial charge in [-0.15, -0.1) is 0 Å². The number of aliphatic hydroxyl groups excluding tert-OH is 1. The lowest BCUT2D eigenvalue weighted by atomic mass is 10.5. The Balaban J connectivity index is 0. The Morgan fingerprint density at radius 3 is 1.80 bits per heavy atom. The van der Waals surface area contributed by atoms with E-state index in [4.69, 9.17) is 14.6 Å². The summed E-state index contributed by atoms with van der Waals surface area (Å²) in [6.07, 6.45) is 0. The van der Waals surface area contributed by atoms with Crippen molar-refractivity contribution in [3.63, 3.8) is 0 Å². The molecule has 0 bridgehead atoms. The second-order valence-corrected chi connectivity index (χ2v) is 2.96. The first-order valence-corrected chi connectivity index (χ1v) is 3.57. The third-order valence-corrected chi connectivity index (χ3v) is 0.771. The van der Waals surface area contributed by atoms with E-state index in [9.17, 15) is 0 Å². The zero-order valence-corrected chi connectivity index (χ0v) is 7.47. The topological polar surface area (TPSA) is 60.4 Å². The van der Waals surface area contributed by atoms with Crippen LogP contribution in [0.15, 0.2) is 0 Å². The van der Waals surface area contributed by atoms with Gasteiger partial charge in [0.1, 0.15) is 6.54 Å². The molecule has 10 heavy (non-hydrogen) atoms. The van der Waals surface area contributed by atoms with Crippen molar-refractivity contribution in [1.82, 2.24) is 0 Å². The molecule has 0 unspecified atom stereocenters. The number of nitrogens with zero attached hydrogens (tertiary/aromatic N) is 1. The van der Waals surface area contributed by atoms with Gasteiger partial charge in [-0.25, -0.2) is 0 Å². The Morgan fingerprint density at radius 2 is 1.80 bits per heavy atom. The quantitative estimate of drug-likeness (QED) is 0.434. The van der Waals surface area contributed by atoms with E-state index in [-0.39, 0.29) is 6.61 Å². The average Bonchev–Trinajstić information content (AvgIpc) is 1.63. The third-order valence-electron chi connectivity index (χ3n) is 0.771. The van der Waals surface area contributed by atoms with Gasteiger partial charge in [0.05, 0.1) is 36.4 Å². The summed E-state index contributed by atoms with van der Waals surface area (Å²) < 4.78 is 9.19. The van der Waals surface area contributed by atoms with Gasteiger partial charge in [0, 0.05) is 0 Å². The molecule has 0 aliphatic carbocycles. The molecular formula is C5H14NO3P. The van der Waals surface area contributed by atoms with Crippen LogP contribution in [0.5, 0.6) is 0 Å². The summed E-state index contributed by atoms with van der Waals surface area (Å²) in [4.78, 5) is 8.35. The van der Waals surface area contributed by atoms with E-state index in [1.54, 1.807) is 0 Å². The van der Waals surface area contributed by atoms with Crippen LogP contribution < -0.4 is 4.89 Å². The number of hydrogen-bond acceptors (Lipinski definition) is 3. The Hall–Kier alpha value is -0.0200. The van der Waals surface area contributed by atoms with Gasteiger partial charge in [0.15, 0.2) is 0 Å². The van der Waals surface area contributed by atoms with Crippen LogP contribution in [0.2, 0.25) is 0 Å². The standard InChI is InChI=1S/C5H14NO.HO2P/c1-6(2,3)4-5-7;1-3-2/h7H,4-5H2,1-3H3;(H,1,2)/q+1;/p-1. The van der Waals surface area contributed by atoms with Crippen LogP contribution in [-0.4, -0.2) is 43.9 Å². The van der Waals surface area contributed by atoms with Crippen molar-refractivity contribution in [3.8, 4) is 0 Å². The van der Waals surface area contributed by atoms with Crippen LogP contribution in [0.25, 0.3) is 0 Å². The maximum atomic E-state index is 8.39. The Morgan fingerprint density at radius 1 is 1.50 bits per heavy atom. The van der Waals surface area contributed by atoms with Crippen LogP contribution >= 0.6 is 8.69 Å². The number of likely N-dealkylation sites (N-methyl/N-ethyl adjacent to an activating group) is 1. The summed E-state index contributed by atoms with van der Waals surface area (Å²) in [6.45, 7) is 1.11. The van der Waals surface area contributed by atoms with Crippen LogP contribution in [-0.2, 0) is 4.57 Å². The predicted molar refractivity (Wildman–Crippen MR) is 37.6 cm³/mol. The van der Waals surface area contributed by atoms with Crippen molar-refractivity contribution >= 4 is 8.69 Å². The van der Waals surface area contributed by atoms with Crippen LogP contribution in [0, 0.1) is 0 Å². The molecule has 0 atom stereocenters. The average molecular weight is 167 g/mol. The lowest BCUT2D eigenvalue weighted by Gasteiger charge is -2.21. The minimum Gasteiger partial charge on any atom is -0.772 e. The van der Waals surface area contributed by atoms with Crippen molar-refractivity contribution < 1.29 is 19.0 Å². The number of rotatable bonds is 2. The first-order chi connectivity index (χ1) is 4.47. The summed E-state index contributed by atoms with van der Waals surface area (Å²) in [5.74, 6) is 0. The maximum absolute atomic E-state index is 8.39. The highest BCUT2D eigenvalue weighted by Gasteiger charge is 2.02. The monoisotopic (exact) mass is 167 g/mol. The number of aliphatic hydroxyl groups is 1. The fourth-order valence-electron chi connectivity index (χ4n) is 0.300. The van der Waals surface area contributed by atoms with Gasteiger partial charge in [-0.05, 0) is 0 Å². The number of hydrogen-bond donors (Lipinski definition) is 1. The molecule has 0 aromatic heterocycles. The maximum Gasteiger partial charge on any atom is 0.101 e. The van der Waals surface area contributed by atoms with Crippen molar-refractivity contribution in [2.45, 2.75) is 0 Å². The van der Waals surface area contributed by atoms with Crippen LogP contribution in [0.1, 0.15) is 0 Å².